The average Bonchev–Trinajstić information content (AvgIpc) is 2.39. The molecule has 1 aliphatic rings. The van der Waals surface area contributed by atoms with Crippen LogP contribution in [-0.4, -0.2) is 35.0 Å². The molecule has 0 bridgehead atoms. The summed E-state index contributed by atoms with van der Waals surface area (Å²) in [5, 5.41) is 11.8. The molecule has 1 aromatic rings. The largest absolute Gasteiger partial charge is 0.465 e. The first-order valence-corrected chi connectivity index (χ1v) is 5.23. The predicted octanol–water partition coefficient (Wildman–Crippen LogP) is 1.29. The first-order chi connectivity index (χ1) is 8.18. The van der Waals surface area contributed by atoms with Gasteiger partial charge in [0.25, 0.3) is 0 Å². The third-order valence-electron chi connectivity index (χ3n) is 2.48. The highest BCUT2D eigenvalue weighted by atomic mass is 16.4. The lowest BCUT2D eigenvalue weighted by Gasteiger charge is -2.23. The van der Waals surface area contributed by atoms with Crippen molar-refractivity contribution in [3.8, 4) is 0 Å². The van der Waals surface area contributed by atoms with Crippen molar-refractivity contribution in [2.45, 2.75) is 0 Å². The molecule has 1 heterocycles. The van der Waals surface area contributed by atoms with Gasteiger partial charge in [-0.1, -0.05) is 30.3 Å². The number of rotatable bonds is 2. The standard InChI is InChI=1S/C12H12N2O3/c15-11(9-4-2-1-3-5-9)10-8-14(12(16)17)7-6-13-10/h1-5,8,13H,6-7H2,(H,16,17). The molecule has 1 aliphatic heterocycles. The minimum Gasteiger partial charge on any atom is -0.465 e. The fourth-order valence-corrected chi connectivity index (χ4v) is 1.61. The molecule has 0 fully saturated rings. The third-order valence-corrected chi connectivity index (χ3v) is 2.48. The minimum absolute atomic E-state index is 0.198. The van der Waals surface area contributed by atoms with Crippen LogP contribution in [0.3, 0.4) is 0 Å². The number of ketones is 1. The molecule has 0 unspecified atom stereocenters. The number of nitrogens with one attached hydrogen (secondary N) is 1. The molecule has 2 N–H and O–H groups in total. The summed E-state index contributed by atoms with van der Waals surface area (Å²) < 4.78 is 0. The van der Waals surface area contributed by atoms with Crippen molar-refractivity contribution < 1.29 is 14.7 Å². The number of carbonyl (C=O) groups excluding carboxylic acids is 1. The quantitative estimate of drug-likeness (QED) is 0.754. The summed E-state index contributed by atoms with van der Waals surface area (Å²) >= 11 is 0. The Morgan fingerprint density at radius 3 is 2.59 bits per heavy atom. The highest BCUT2D eigenvalue weighted by Gasteiger charge is 2.20. The zero-order chi connectivity index (χ0) is 12.3. The maximum atomic E-state index is 12.0. The van der Waals surface area contributed by atoms with E-state index in [0.29, 0.717) is 24.4 Å². The summed E-state index contributed by atoms with van der Waals surface area (Å²) in [6.45, 7) is 0.789. The Labute approximate surface area is 98.4 Å². The number of hydrogen-bond donors (Lipinski definition) is 2. The first kappa shape index (κ1) is 11.2. The number of hydrogen-bond acceptors (Lipinski definition) is 3. The number of Topliss-reactive ketones (excluding diaryl/α,β-unsaturated/α-hetero) is 1. The molecule has 1 aromatic carbocycles. The van der Waals surface area contributed by atoms with Crippen LogP contribution in [0.4, 0.5) is 4.79 Å². The van der Waals surface area contributed by atoms with Crippen LogP contribution in [0.25, 0.3) is 0 Å². The van der Waals surface area contributed by atoms with Gasteiger partial charge in [0.1, 0.15) is 0 Å². The van der Waals surface area contributed by atoms with Gasteiger partial charge >= 0.3 is 6.09 Å². The summed E-state index contributed by atoms with van der Waals surface area (Å²) in [6, 6.07) is 8.76. The van der Waals surface area contributed by atoms with Crippen LogP contribution < -0.4 is 5.32 Å². The second-order valence-corrected chi connectivity index (χ2v) is 3.64. The van der Waals surface area contributed by atoms with Crippen LogP contribution in [-0.2, 0) is 0 Å². The maximum Gasteiger partial charge on any atom is 0.411 e. The van der Waals surface area contributed by atoms with Gasteiger partial charge in [-0.3, -0.25) is 9.69 Å². The molecule has 17 heavy (non-hydrogen) atoms. The van der Waals surface area contributed by atoms with Crippen molar-refractivity contribution in [1.82, 2.24) is 10.2 Å². The number of carboxylic acid groups (broad SMARTS) is 1. The number of amides is 1. The molecular weight excluding hydrogens is 220 g/mol. The van der Waals surface area contributed by atoms with Crippen molar-refractivity contribution >= 4 is 11.9 Å². The van der Waals surface area contributed by atoms with E-state index in [-0.39, 0.29) is 5.78 Å². The zero-order valence-corrected chi connectivity index (χ0v) is 9.09. The Balaban J connectivity index is 2.23. The van der Waals surface area contributed by atoms with E-state index < -0.39 is 6.09 Å². The van der Waals surface area contributed by atoms with Crippen LogP contribution >= 0.6 is 0 Å². The maximum absolute atomic E-state index is 12.0. The Morgan fingerprint density at radius 2 is 1.94 bits per heavy atom. The number of carbonyl (C=O) groups is 2. The third kappa shape index (κ3) is 2.44. The van der Waals surface area contributed by atoms with E-state index in [2.05, 4.69) is 5.32 Å². The van der Waals surface area contributed by atoms with Crippen molar-refractivity contribution in [1.29, 1.82) is 0 Å². The van der Waals surface area contributed by atoms with E-state index in [1.54, 1.807) is 24.3 Å². The van der Waals surface area contributed by atoms with Crippen molar-refractivity contribution in [2.75, 3.05) is 13.1 Å². The minimum atomic E-state index is -1.05. The molecule has 1 amide bonds. The molecule has 0 saturated carbocycles. The van der Waals surface area contributed by atoms with Crippen molar-refractivity contribution in [3.05, 3.63) is 47.8 Å². The highest BCUT2D eigenvalue weighted by molar-refractivity contribution is 6.08. The smallest absolute Gasteiger partial charge is 0.411 e. The summed E-state index contributed by atoms with van der Waals surface area (Å²) in [4.78, 5) is 23.9. The number of allylic oxidation sites excluding steroid dienone is 1. The lowest BCUT2D eigenvalue weighted by atomic mass is 10.1. The summed E-state index contributed by atoms with van der Waals surface area (Å²) in [5.74, 6) is -0.198. The van der Waals surface area contributed by atoms with E-state index in [9.17, 15) is 9.59 Å². The van der Waals surface area contributed by atoms with Crippen molar-refractivity contribution in [2.24, 2.45) is 0 Å². The molecule has 5 heteroatoms. The second kappa shape index (κ2) is 4.69. The molecule has 0 radical (unpaired) electrons. The van der Waals surface area contributed by atoms with Gasteiger partial charge in [0.2, 0.25) is 5.78 Å². The molecule has 5 nitrogen and oxygen atoms in total. The van der Waals surface area contributed by atoms with Gasteiger partial charge in [-0.25, -0.2) is 4.79 Å². The van der Waals surface area contributed by atoms with Crippen molar-refractivity contribution in [3.63, 3.8) is 0 Å². The number of nitrogens with zero attached hydrogens (tertiary/aromatic N) is 1. The molecule has 88 valence electrons. The van der Waals surface area contributed by atoms with Crippen LogP contribution in [0.1, 0.15) is 10.4 Å². The summed E-state index contributed by atoms with van der Waals surface area (Å²) in [5.41, 5.74) is 0.850. The number of benzene rings is 1. The molecule has 0 aromatic heterocycles. The zero-order valence-electron chi connectivity index (χ0n) is 9.09. The lowest BCUT2D eigenvalue weighted by Crippen LogP contribution is -2.39. The molecule has 0 atom stereocenters. The van der Waals surface area contributed by atoms with E-state index in [1.807, 2.05) is 6.07 Å². The monoisotopic (exact) mass is 232 g/mol. The molecule has 0 aliphatic carbocycles. The van der Waals surface area contributed by atoms with Gasteiger partial charge in [0.05, 0.1) is 5.70 Å². The Kier molecular flexibility index (Phi) is 3.09. The van der Waals surface area contributed by atoms with Gasteiger partial charge in [-0.05, 0) is 0 Å². The van der Waals surface area contributed by atoms with E-state index in [4.69, 9.17) is 5.11 Å². The Bertz CT molecular complexity index is 468. The SMILES string of the molecule is O=C(C1=CN(C(=O)O)CCN1)c1ccccc1. The van der Waals surface area contributed by atoms with Crippen LogP contribution in [0.15, 0.2) is 42.2 Å². The molecule has 0 saturated heterocycles. The van der Waals surface area contributed by atoms with Gasteiger partial charge < -0.3 is 10.4 Å². The molecule has 0 spiro atoms. The van der Waals surface area contributed by atoms with Crippen LogP contribution in [0.2, 0.25) is 0 Å². The Morgan fingerprint density at radius 1 is 1.24 bits per heavy atom. The Hall–Kier alpha value is -2.30. The van der Waals surface area contributed by atoms with Crippen LogP contribution in [0, 0.1) is 0 Å². The van der Waals surface area contributed by atoms with Gasteiger partial charge in [-0.15, -0.1) is 0 Å². The van der Waals surface area contributed by atoms with E-state index in [0.717, 1.165) is 4.90 Å². The van der Waals surface area contributed by atoms with Crippen LogP contribution in [0.5, 0.6) is 0 Å². The first-order valence-electron chi connectivity index (χ1n) is 5.23. The van der Waals surface area contributed by atoms with Gasteiger partial charge in [0, 0.05) is 24.9 Å². The average molecular weight is 232 g/mol. The van der Waals surface area contributed by atoms with Gasteiger partial charge in [0.15, 0.2) is 0 Å². The van der Waals surface area contributed by atoms with E-state index >= 15 is 0 Å². The lowest BCUT2D eigenvalue weighted by molar-refractivity contribution is 0.102. The fourth-order valence-electron chi connectivity index (χ4n) is 1.61. The molecular formula is C12H12N2O3. The van der Waals surface area contributed by atoms with E-state index in [1.165, 1.54) is 6.20 Å². The predicted molar refractivity (Wildman–Crippen MR) is 61.6 cm³/mol. The summed E-state index contributed by atoms with van der Waals surface area (Å²) in [6.07, 6.45) is 0.283. The fraction of sp³-hybridized carbons (Fsp3) is 0.167. The normalized spacial score (nSPS) is 14.8. The second-order valence-electron chi connectivity index (χ2n) is 3.64. The highest BCUT2D eigenvalue weighted by Crippen LogP contribution is 2.10. The van der Waals surface area contributed by atoms with Gasteiger partial charge in [-0.2, -0.15) is 0 Å². The summed E-state index contributed by atoms with van der Waals surface area (Å²) in [7, 11) is 0. The molecule has 2 rings (SSSR count). The topological polar surface area (TPSA) is 69.6 Å².